The summed E-state index contributed by atoms with van der Waals surface area (Å²) in [5.41, 5.74) is 1.40. The number of nitrogens with zero attached hydrogens (tertiary/aromatic N) is 1. The highest BCUT2D eigenvalue weighted by Gasteiger charge is 2.17. The lowest BCUT2D eigenvalue weighted by Crippen LogP contribution is -2.11. The molecule has 0 saturated carbocycles. The zero-order valence-corrected chi connectivity index (χ0v) is 11.3. The topological polar surface area (TPSA) is 12.9 Å². The fraction of sp³-hybridized carbons (Fsp3) is 0.727. The van der Waals surface area contributed by atoms with Crippen molar-refractivity contribution in [1.82, 2.24) is 4.98 Å². The third-order valence-electron chi connectivity index (χ3n) is 1.79. The highest BCUT2D eigenvalue weighted by atomic mass is 32.2. The third-order valence-corrected chi connectivity index (χ3v) is 4.24. The predicted octanol–water partition coefficient (Wildman–Crippen LogP) is 4.19. The smallest absolute Gasteiger partial charge is 0.150 e. The average molecular weight is 229 g/mol. The van der Waals surface area contributed by atoms with E-state index in [1.165, 1.54) is 10.0 Å². The molecule has 14 heavy (non-hydrogen) atoms. The van der Waals surface area contributed by atoms with Crippen molar-refractivity contribution in [2.24, 2.45) is 5.92 Å². The van der Waals surface area contributed by atoms with E-state index in [4.69, 9.17) is 0 Å². The summed E-state index contributed by atoms with van der Waals surface area (Å²) in [6.07, 6.45) is 0. The monoisotopic (exact) mass is 229 g/mol. The second kappa shape index (κ2) is 4.67. The summed E-state index contributed by atoms with van der Waals surface area (Å²) in [7, 11) is 0. The third kappa shape index (κ3) is 3.62. The molecule has 0 saturated heterocycles. The van der Waals surface area contributed by atoms with Gasteiger partial charge in [-0.3, -0.25) is 0 Å². The lowest BCUT2D eigenvalue weighted by molar-refractivity contribution is 0.569. The summed E-state index contributed by atoms with van der Waals surface area (Å²) in [6.45, 7) is 11.1. The fourth-order valence-electron chi connectivity index (χ4n) is 0.906. The van der Waals surface area contributed by atoms with Crippen LogP contribution in [0.3, 0.4) is 0 Å². The summed E-state index contributed by atoms with van der Waals surface area (Å²) in [4.78, 5) is 4.63. The van der Waals surface area contributed by atoms with Crippen molar-refractivity contribution >= 4 is 23.1 Å². The first-order valence-corrected chi connectivity index (χ1v) is 6.85. The van der Waals surface area contributed by atoms with Crippen LogP contribution in [-0.4, -0.2) is 10.7 Å². The van der Waals surface area contributed by atoms with Crippen LogP contribution < -0.4 is 0 Å². The van der Waals surface area contributed by atoms with Gasteiger partial charge in [0.25, 0.3) is 0 Å². The van der Waals surface area contributed by atoms with Gasteiger partial charge < -0.3 is 0 Å². The van der Waals surface area contributed by atoms with Crippen molar-refractivity contribution in [2.45, 2.75) is 44.4 Å². The largest absolute Gasteiger partial charge is 0.234 e. The van der Waals surface area contributed by atoms with Crippen LogP contribution in [-0.2, 0) is 5.41 Å². The molecule has 0 radical (unpaired) electrons. The molecule has 0 aliphatic rings. The van der Waals surface area contributed by atoms with Gasteiger partial charge in [0.15, 0.2) is 0 Å². The Balaban J connectivity index is 2.60. The summed E-state index contributed by atoms with van der Waals surface area (Å²) in [5, 5.41) is 2.18. The molecule has 0 aromatic carbocycles. The van der Waals surface area contributed by atoms with Crippen LogP contribution in [0.4, 0.5) is 0 Å². The SMILES string of the molecule is CC(C)CSc1nc(C(C)(C)C)cs1. The zero-order chi connectivity index (χ0) is 10.8. The fourth-order valence-corrected chi connectivity index (χ4v) is 2.94. The minimum atomic E-state index is 0.188. The van der Waals surface area contributed by atoms with Crippen molar-refractivity contribution in [3.8, 4) is 0 Å². The zero-order valence-electron chi connectivity index (χ0n) is 9.63. The molecule has 0 spiro atoms. The van der Waals surface area contributed by atoms with Gasteiger partial charge in [-0.1, -0.05) is 46.4 Å². The van der Waals surface area contributed by atoms with E-state index in [9.17, 15) is 0 Å². The number of thiazole rings is 1. The Hall–Kier alpha value is -0.0200. The maximum Gasteiger partial charge on any atom is 0.150 e. The van der Waals surface area contributed by atoms with E-state index in [2.05, 4.69) is 45.0 Å². The maximum atomic E-state index is 4.63. The summed E-state index contributed by atoms with van der Waals surface area (Å²) in [6, 6.07) is 0. The summed E-state index contributed by atoms with van der Waals surface area (Å²) < 4.78 is 1.21. The van der Waals surface area contributed by atoms with Gasteiger partial charge in [0.2, 0.25) is 0 Å². The lowest BCUT2D eigenvalue weighted by atomic mass is 9.93. The molecule has 1 nitrogen and oxygen atoms in total. The Kier molecular flexibility index (Phi) is 4.02. The van der Waals surface area contributed by atoms with E-state index in [1.54, 1.807) is 11.3 Å². The molecule has 0 atom stereocenters. The molecule has 1 aromatic heterocycles. The molecule has 0 fully saturated rings. The molecule has 3 heteroatoms. The van der Waals surface area contributed by atoms with E-state index in [0.717, 1.165) is 11.7 Å². The minimum Gasteiger partial charge on any atom is -0.234 e. The first-order chi connectivity index (χ1) is 6.39. The van der Waals surface area contributed by atoms with Crippen LogP contribution in [0, 0.1) is 5.92 Å². The Labute approximate surface area is 95.3 Å². The Bertz CT molecular complexity index is 284. The molecule has 1 rings (SSSR count). The molecule has 1 aromatic rings. The Morgan fingerprint density at radius 1 is 1.43 bits per heavy atom. The highest BCUT2D eigenvalue weighted by molar-refractivity contribution is 8.01. The maximum absolute atomic E-state index is 4.63. The molecular weight excluding hydrogens is 210 g/mol. The first kappa shape index (κ1) is 12.1. The van der Waals surface area contributed by atoms with Crippen LogP contribution in [0.5, 0.6) is 0 Å². The van der Waals surface area contributed by atoms with Crippen LogP contribution >= 0.6 is 23.1 Å². The van der Waals surface area contributed by atoms with Crippen molar-refractivity contribution in [2.75, 3.05) is 5.75 Å². The first-order valence-electron chi connectivity index (χ1n) is 4.98. The van der Waals surface area contributed by atoms with Gasteiger partial charge >= 0.3 is 0 Å². The van der Waals surface area contributed by atoms with E-state index >= 15 is 0 Å². The van der Waals surface area contributed by atoms with Gasteiger partial charge in [-0.25, -0.2) is 4.98 Å². The van der Waals surface area contributed by atoms with Crippen molar-refractivity contribution in [3.63, 3.8) is 0 Å². The number of hydrogen-bond acceptors (Lipinski definition) is 3. The van der Waals surface area contributed by atoms with Gasteiger partial charge in [0.1, 0.15) is 4.34 Å². The van der Waals surface area contributed by atoms with Crippen LogP contribution in [0.2, 0.25) is 0 Å². The average Bonchev–Trinajstić information content (AvgIpc) is 2.47. The molecule has 0 unspecified atom stereocenters. The van der Waals surface area contributed by atoms with E-state index in [0.29, 0.717) is 0 Å². The van der Waals surface area contributed by atoms with Crippen LogP contribution in [0.15, 0.2) is 9.72 Å². The molecule has 0 aliphatic carbocycles. The predicted molar refractivity (Wildman–Crippen MR) is 66.4 cm³/mol. The molecule has 0 N–H and O–H groups in total. The van der Waals surface area contributed by atoms with Gasteiger partial charge in [-0.2, -0.15) is 0 Å². The second-order valence-electron chi connectivity index (χ2n) is 4.95. The highest BCUT2D eigenvalue weighted by Crippen LogP contribution is 2.29. The van der Waals surface area contributed by atoms with Gasteiger partial charge in [-0.05, 0) is 5.92 Å². The number of hydrogen-bond donors (Lipinski definition) is 0. The lowest BCUT2D eigenvalue weighted by Gasteiger charge is -2.14. The van der Waals surface area contributed by atoms with E-state index < -0.39 is 0 Å². The Morgan fingerprint density at radius 2 is 2.07 bits per heavy atom. The molecule has 80 valence electrons. The number of thioether (sulfide) groups is 1. The molecular formula is C11H19NS2. The Morgan fingerprint density at radius 3 is 2.50 bits per heavy atom. The number of aromatic nitrogens is 1. The van der Waals surface area contributed by atoms with Gasteiger partial charge in [-0.15, -0.1) is 11.3 Å². The van der Waals surface area contributed by atoms with Crippen molar-refractivity contribution in [3.05, 3.63) is 11.1 Å². The van der Waals surface area contributed by atoms with E-state index in [-0.39, 0.29) is 5.41 Å². The van der Waals surface area contributed by atoms with Crippen LogP contribution in [0.25, 0.3) is 0 Å². The van der Waals surface area contributed by atoms with Gasteiger partial charge in [0, 0.05) is 16.5 Å². The van der Waals surface area contributed by atoms with E-state index in [1.807, 2.05) is 11.8 Å². The molecule has 1 heterocycles. The minimum absolute atomic E-state index is 0.188. The molecule has 0 bridgehead atoms. The normalized spacial score (nSPS) is 12.4. The molecule has 0 aliphatic heterocycles. The second-order valence-corrected chi connectivity index (χ2v) is 7.08. The quantitative estimate of drug-likeness (QED) is 0.721. The number of rotatable bonds is 3. The van der Waals surface area contributed by atoms with Crippen LogP contribution in [0.1, 0.15) is 40.3 Å². The van der Waals surface area contributed by atoms with Crippen molar-refractivity contribution < 1.29 is 0 Å². The molecule has 0 amide bonds. The van der Waals surface area contributed by atoms with Gasteiger partial charge in [0.05, 0.1) is 5.69 Å². The summed E-state index contributed by atoms with van der Waals surface area (Å²) >= 11 is 3.64. The standard InChI is InChI=1S/C11H19NS2/c1-8(2)6-13-10-12-9(7-14-10)11(3,4)5/h7-8H,6H2,1-5H3. The van der Waals surface area contributed by atoms with Crippen molar-refractivity contribution in [1.29, 1.82) is 0 Å². The summed E-state index contributed by atoms with van der Waals surface area (Å²) in [5.74, 6) is 1.90.